The van der Waals surface area contributed by atoms with Crippen LogP contribution in [0.3, 0.4) is 0 Å². The van der Waals surface area contributed by atoms with Crippen molar-refractivity contribution in [1.29, 1.82) is 0 Å². The van der Waals surface area contributed by atoms with Gasteiger partial charge in [-0.25, -0.2) is 9.38 Å². The third-order valence-corrected chi connectivity index (χ3v) is 3.71. The number of benzene rings is 1. The summed E-state index contributed by atoms with van der Waals surface area (Å²) in [5.74, 6) is -0.0339. The standard InChI is InChI=1S/C18H27FN4O3/c1-2-20-18(21-9-3-10-26-16-8-11-25-13-16)22-12-17(24)23-15-6-4-14(19)5-7-15/h4-7,16H,2-3,8-13H2,1H3,(H,23,24)(H2,20,21,22). The number of halogens is 1. The Bertz CT molecular complexity index is 574. The molecule has 1 amide bonds. The van der Waals surface area contributed by atoms with E-state index in [0.717, 1.165) is 19.4 Å². The molecule has 0 spiro atoms. The van der Waals surface area contributed by atoms with Gasteiger partial charge < -0.3 is 25.4 Å². The van der Waals surface area contributed by atoms with Crippen molar-refractivity contribution >= 4 is 17.6 Å². The second-order valence-electron chi connectivity index (χ2n) is 5.89. The molecule has 1 atom stereocenters. The Balaban J connectivity index is 1.67. The molecule has 0 saturated carbocycles. The number of anilines is 1. The smallest absolute Gasteiger partial charge is 0.246 e. The van der Waals surface area contributed by atoms with Crippen LogP contribution < -0.4 is 16.0 Å². The van der Waals surface area contributed by atoms with Gasteiger partial charge in [-0.15, -0.1) is 0 Å². The lowest BCUT2D eigenvalue weighted by atomic mass is 10.3. The Morgan fingerprint density at radius 3 is 2.85 bits per heavy atom. The number of nitrogens with zero attached hydrogens (tertiary/aromatic N) is 1. The van der Waals surface area contributed by atoms with E-state index in [2.05, 4.69) is 20.9 Å². The first-order valence-corrected chi connectivity index (χ1v) is 8.94. The van der Waals surface area contributed by atoms with Crippen LogP contribution in [-0.2, 0) is 14.3 Å². The summed E-state index contributed by atoms with van der Waals surface area (Å²) < 4.78 is 23.8. The van der Waals surface area contributed by atoms with Gasteiger partial charge in [0.1, 0.15) is 12.4 Å². The number of carbonyl (C=O) groups excluding carboxylic acids is 1. The largest absolute Gasteiger partial charge is 0.379 e. The molecule has 0 aliphatic carbocycles. The number of nitrogens with one attached hydrogen (secondary N) is 3. The molecule has 1 aliphatic rings. The highest BCUT2D eigenvalue weighted by atomic mass is 19.1. The van der Waals surface area contributed by atoms with E-state index < -0.39 is 0 Å². The van der Waals surface area contributed by atoms with Crippen LogP contribution in [0.1, 0.15) is 19.8 Å². The number of guanidine groups is 1. The average molecular weight is 366 g/mol. The van der Waals surface area contributed by atoms with Crippen LogP contribution in [0.4, 0.5) is 10.1 Å². The van der Waals surface area contributed by atoms with E-state index in [9.17, 15) is 9.18 Å². The third kappa shape index (κ3) is 7.79. The highest BCUT2D eigenvalue weighted by Crippen LogP contribution is 2.08. The lowest BCUT2D eigenvalue weighted by Gasteiger charge is -2.13. The van der Waals surface area contributed by atoms with Crippen LogP contribution in [0, 0.1) is 5.82 Å². The fraction of sp³-hybridized carbons (Fsp3) is 0.556. The Hall–Kier alpha value is -2.19. The van der Waals surface area contributed by atoms with Gasteiger partial charge in [0.05, 0.1) is 12.7 Å². The summed E-state index contributed by atoms with van der Waals surface area (Å²) in [6.07, 6.45) is 2.01. The van der Waals surface area contributed by atoms with Gasteiger partial charge in [0, 0.05) is 32.0 Å². The molecule has 7 nitrogen and oxygen atoms in total. The summed E-state index contributed by atoms with van der Waals surface area (Å²) in [5.41, 5.74) is 0.539. The Labute approximate surface area is 153 Å². The second kappa shape index (κ2) is 11.4. The lowest BCUT2D eigenvalue weighted by molar-refractivity contribution is -0.114. The molecule has 2 rings (SSSR count). The molecule has 26 heavy (non-hydrogen) atoms. The fourth-order valence-electron chi connectivity index (χ4n) is 2.40. The number of ether oxygens (including phenoxy) is 2. The molecule has 1 aliphatic heterocycles. The zero-order valence-electron chi connectivity index (χ0n) is 15.1. The molecule has 1 saturated heterocycles. The monoisotopic (exact) mass is 366 g/mol. The summed E-state index contributed by atoms with van der Waals surface area (Å²) in [4.78, 5) is 16.2. The van der Waals surface area contributed by atoms with Gasteiger partial charge in [0.25, 0.3) is 0 Å². The van der Waals surface area contributed by atoms with Gasteiger partial charge in [0.2, 0.25) is 5.91 Å². The summed E-state index contributed by atoms with van der Waals surface area (Å²) in [5, 5.41) is 8.93. The first-order valence-electron chi connectivity index (χ1n) is 8.94. The minimum absolute atomic E-state index is 0.0252. The van der Waals surface area contributed by atoms with Crippen molar-refractivity contribution in [2.45, 2.75) is 25.9 Å². The maximum Gasteiger partial charge on any atom is 0.246 e. The quantitative estimate of drug-likeness (QED) is 0.351. The van der Waals surface area contributed by atoms with Crippen molar-refractivity contribution in [1.82, 2.24) is 10.6 Å². The van der Waals surface area contributed by atoms with E-state index in [0.29, 0.717) is 38.0 Å². The summed E-state index contributed by atoms with van der Waals surface area (Å²) >= 11 is 0. The molecular formula is C18H27FN4O3. The second-order valence-corrected chi connectivity index (χ2v) is 5.89. The number of hydrogen-bond donors (Lipinski definition) is 3. The molecule has 1 aromatic carbocycles. The number of carbonyl (C=O) groups is 1. The predicted octanol–water partition coefficient (Wildman–Crippen LogP) is 1.51. The van der Waals surface area contributed by atoms with E-state index in [4.69, 9.17) is 9.47 Å². The molecule has 0 radical (unpaired) electrons. The normalized spacial score (nSPS) is 17.2. The average Bonchev–Trinajstić information content (AvgIpc) is 3.15. The first-order chi connectivity index (χ1) is 12.7. The minimum Gasteiger partial charge on any atom is -0.379 e. The highest BCUT2D eigenvalue weighted by molar-refractivity contribution is 5.94. The molecule has 1 fully saturated rings. The van der Waals surface area contributed by atoms with Gasteiger partial charge in [0.15, 0.2) is 5.96 Å². The van der Waals surface area contributed by atoms with Crippen molar-refractivity contribution in [2.24, 2.45) is 4.99 Å². The van der Waals surface area contributed by atoms with Crippen LogP contribution in [0.2, 0.25) is 0 Å². The summed E-state index contributed by atoms with van der Waals surface area (Å²) in [7, 11) is 0. The third-order valence-electron chi connectivity index (χ3n) is 3.71. The fourth-order valence-corrected chi connectivity index (χ4v) is 2.40. The zero-order valence-corrected chi connectivity index (χ0v) is 15.1. The minimum atomic E-state index is -0.343. The van der Waals surface area contributed by atoms with Gasteiger partial charge >= 0.3 is 0 Å². The van der Waals surface area contributed by atoms with Crippen molar-refractivity contribution < 1.29 is 18.7 Å². The molecule has 1 unspecified atom stereocenters. The number of rotatable bonds is 9. The van der Waals surface area contributed by atoms with E-state index in [1.807, 2.05) is 6.92 Å². The predicted molar refractivity (Wildman–Crippen MR) is 98.8 cm³/mol. The van der Waals surface area contributed by atoms with Crippen LogP contribution in [0.25, 0.3) is 0 Å². The Morgan fingerprint density at radius 1 is 1.35 bits per heavy atom. The van der Waals surface area contributed by atoms with Gasteiger partial charge in [-0.1, -0.05) is 0 Å². The van der Waals surface area contributed by atoms with Crippen molar-refractivity contribution in [2.75, 3.05) is 44.8 Å². The number of hydrogen-bond acceptors (Lipinski definition) is 4. The highest BCUT2D eigenvalue weighted by Gasteiger charge is 2.15. The number of aliphatic imine (C=N–C) groups is 1. The molecular weight excluding hydrogens is 339 g/mol. The molecule has 0 aromatic heterocycles. The van der Waals surface area contributed by atoms with Crippen LogP contribution in [0.5, 0.6) is 0 Å². The van der Waals surface area contributed by atoms with Gasteiger partial charge in [-0.3, -0.25) is 4.79 Å². The molecule has 144 valence electrons. The van der Waals surface area contributed by atoms with Crippen molar-refractivity contribution in [3.8, 4) is 0 Å². The summed E-state index contributed by atoms with van der Waals surface area (Å²) in [6.45, 7) is 5.44. The van der Waals surface area contributed by atoms with E-state index in [1.54, 1.807) is 0 Å². The molecule has 1 heterocycles. The van der Waals surface area contributed by atoms with E-state index >= 15 is 0 Å². The summed E-state index contributed by atoms with van der Waals surface area (Å²) in [6, 6.07) is 5.61. The molecule has 8 heteroatoms. The number of amides is 1. The van der Waals surface area contributed by atoms with Crippen molar-refractivity contribution in [3.63, 3.8) is 0 Å². The van der Waals surface area contributed by atoms with E-state index in [1.165, 1.54) is 24.3 Å². The lowest BCUT2D eigenvalue weighted by Crippen LogP contribution is -2.38. The Kier molecular flexibility index (Phi) is 8.85. The molecule has 1 aromatic rings. The van der Waals surface area contributed by atoms with Crippen molar-refractivity contribution in [3.05, 3.63) is 30.1 Å². The Morgan fingerprint density at radius 2 is 2.15 bits per heavy atom. The topological polar surface area (TPSA) is 84.0 Å². The van der Waals surface area contributed by atoms with Crippen LogP contribution >= 0.6 is 0 Å². The maximum absolute atomic E-state index is 12.9. The van der Waals surface area contributed by atoms with Crippen LogP contribution in [0.15, 0.2) is 29.3 Å². The van der Waals surface area contributed by atoms with Gasteiger partial charge in [-0.05, 0) is 44.0 Å². The zero-order chi connectivity index (χ0) is 18.6. The van der Waals surface area contributed by atoms with Gasteiger partial charge in [-0.2, -0.15) is 0 Å². The maximum atomic E-state index is 12.9. The molecule has 3 N–H and O–H groups in total. The molecule has 0 bridgehead atoms. The van der Waals surface area contributed by atoms with Crippen LogP contribution in [-0.4, -0.2) is 57.4 Å². The van der Waals surface area contributed by atoms with E-state index in [-0.39, 0.29) is 24.4 Å². The SMILES string of the molecule is CCNC(=NCC(=O)Nc1ccc(F)cc1)NCCCOC1CCOC1. The first kappa shape index (κ1) is 20.1.